The number of rotatable bonds is 5. The lowest BCUT2D eigenvalue weighted by Crippen LogP contribution is -2.36. The predicted molar refractivity (Wildman–Crippen MR) is 109 cm³/mol. The monoisotopic (exact) mass is 426 g/mol. The highest BCUT2D eigenvalue weighted by molar-refractivity contribution is 6.14. The van der Waals surface area contributed by atoms with Gasteiger partial charge in [-0.1, -0.05) is 0 Å². The summed E-state index contributed by atoms with van der Waals surface area (Å²) in [6, 6.07) is 1.34. The van der Waals surface area contributed by atoms with E-state index in [1.807, 2.05) is 0 Å². The number of aromatic amines is 1. The van der Waals surface area contributed by atoms with Crippen molar-refractivity contribution < 1.29 is 24.1 Å². The normalized spacial score (nSPS) is 16.4. The Labute approximate surface area is 175 Å². The molecule has 0 saturated heterocycles. The molecule has 3 aromatic heterocycles. The first kappa shape index (κ1) is 19.4. The quantitative estimate of drug-likeness (QED) is 0.376. The van der Waals surface area contributed by atoms with Gasteiger partial charge in [0.2, 0.25) is 5.88 Å². The summed E-state index contributed by atoms with van der Waals surface area (Å²) in [6.07, 6.45) is 0.879. The third-order valence-corrected chi connectivity index (χ3v) is 5.25. The van der Waals surface area contributed by atoms with Crippen LogP contribution in [0, 0.1) is 12.7 Å². The molecule has 2 unspecified atom stereocenters. The van der Waals surface area contributed by atoms with Crippen molar-refractivity contribution in [3.05, 3.63) is 35.7 Å². The summed E-state index contributed by atoms with van der Waals surface area (Å²) in [6.45, 7) is 1.21. The maximum absolute atomic E-state index is 15.0. The molecular formula is C20H19FN6O4. The molecule has 1 aliphatic heterocycles. The van der Waals surface area contributed by atoms with Crippen molar-refractivity contribution in [2.24, 2.45) is 0 Å². The molecule has 10 nitrogen and oxygen atoms in total. The number of aryl methyl sites for hydroxylation is 1. The lowest BCUT2D eigenvalue weighted by Gasteiger charge is -2.21. The van der Waals surface area contributed by atoms with E-state index in [9.17, 15) is 14.6 Å². The molecule has 160 valence electrons. The number of aliphatic hydroxyl groups excluding tert-OH is 2. The lowest BCUT2D eigenvalue weighted by atomic mass is 9.99. The van der Waals surface area contributed by atoms with Gasteiger partial charge in [-0.05, 0) is 13.0 Å². The van der Waals surface area contributed by atoms with Crippen LogP contribution in [0.4, 0.5) is 10.1 Å². The van der Waals surface area contributed by atoms with E-state index in [2.05, 4.69) is 30.2 Å². The van der Waals surface area contributed by atoms with Crippen molar-refractivity contribution in [3.8, 4) is 17.6 Å². The number of nitrogens with zero attached hydrogens (tertiary/aromatic N) is 4. The van der Waals surface area contributed by atoms with Crippen LogP contribution in [0.5, 0.6) is 17.6 Å². The third kappa shape index (κ3) is 3.18. The van der Waals surface area contributed by atoms with Crippen molar-refractivity contribution in [3.63, 3.8) is 0 Å². The Kier molecular flexibility index (Phi) is 4.56. The van der Waals surface area contributed by atoms with Gasteiger partial charge in [0.15, 0.2) is 5.75 Å². The SMILES string of the molecule is CNc1cc(F)c2c3c1[nH]c1nc(Oc4cnc(C)nc4)nc(c13)OC(C(O)CO)C2. The van der Waals surface area contributed by atoms with Crippen molar-refractivity contribution in [2.45, 2.75) is 25.6 Å². The smallest absolute Gasteiger partial charge is 0.327 e. The van der Waals surface area contributed by atoms with Gasteiger partial charge in [-0.15, -0.1) is 0 Å². The number of H-pyrrole nitrogens is 1. The minimum atomic E-state index is -1.23. The van der Waals surface area contributed by atoms with E-state index in [1.165, 1.54) is 18.5 Å². The zero-order valence-electron chi connectivity index (χ0n) is 16.7. The Hall–Kier alpha value is -3.57. The van der Waals surface area contributed by atoms with Crippen LogP contribution in [0.3, 0.4) is 0 Å². The molecule has 0 radical (unpaired) electrons. The Morgan fingerprint density at radius 1 is 1.32 bits per heavy atom. The fourth-order valence-electron chi connectivity index (χ4n) is 3.74. The Morgan fingerprint density at radius 2 is 2.10 bits per heavy atom. The maximum atomic E-state index is 15.0. The van der Waals surface area contributed by atoms with E-state index >= 15 is 0 Å². The molecule has 4 N–H and O–H groups in total. The topological polar surface area (TPSA) is 138 Å². The predicted octanol–water partition coefficient (Wildman–Crippen LogP) is 1.84. The molecule has 0 fully saturated rings. The van der Waals surface area contributed by atoms with Crippen LogP contribution in [0.1, 0.15) is 11.4 Å². The van der Waals surface area contributed by atoms with Crippen molar-refractivity contribution >= 4 is 27.6 Å². The molecule has 4 heterocycles. The van der Waals surface area contributed by atoms with Gasteiger partial charge in [0.25, 0.3) is 0 Å². The van der Waals surface area contributed by atoms with Gasteiger partial charge in [-0.25, -0.2) is 14.4 Å². The number of halogens is 1. The number of hydrogen-bond donors (Lipinski definition) is 4. The second-order valence-corrected chi connectivity index (χ2v) is 7.22. The number of hydrogen-bond acceptors (Lipinski definition) is 9. The highest BCUT2D eigenvalue weighted by Gasteiger charge is 2.32. The molecule has 0 spiro atoms. The van der Waals surface area contributed by atoms with Crippen LogP contribution in [-0.2, 0) is 6.42 Å². The van der Waals surface area contributed by atoms with Crippen molar-refractivity contribution in [2.75, 3.05) is 19.0 Å². The van der Waals surface area contributed by atoms with E-state index in [0.29, 0.717) is 44.8 Å². The average molecular weight is 426 g/mol. The number of aliphatic hydroxyl groups is 2. The first-order valence-corrected chi connectivity index (χ1v) is 9.63. The number of ether oxygens (including phenoxy) is 2. The first-order valence-electron chi connectivity index (χ1n) is 9.63. The zero-order chi connectivity index (χ0) is 21.7. The van der Waals surface area contributed by atoms with Gasteiger partial charge < -0.3 is 30.0 Å². The molecule has 11 heteroatoms. The van der Waals surface area contributed by atoms with Crippen LogP contribution in [0.2, 0.25) is 0 Å². The summed E-state index contributed by atoms with van der Waals surface area (Å²) in [5.74, 6) is 0.574. The second kappa shape index (κ2) is 7.29. The van der Waals surface area contributed by atoms with Gasteiger partial charge in [-0.3, -0.25) is 0 Å². The van der Waals surface area contributed by atoms with Crippen molar-refractivity contribution in [1.29, 1.82) is 0 Å². The standard InChI is InChI=1S/C20H19FN6O4/c1-8-23-5-9(6-24-8)30-20-26-18-16-15-10(11(21)4-12(22-2)17(15)25-18)3-14(13(29)7-28)31-19(16)27-20/h4-6,13-14,22,28-29H,3,7H2,1-2H3,(H,25,26,27). The fourth-order valence-corrected chi connectivity index (χ4v) is 3.74. The maximum Gasteiger partial charge on any atom is 0.327 e. The minimum absolute atomic E-state index is 0.0336. The Bertz CT molecular complexity index is 1290. The van der Waals surface area contributed by atoms with Crippen LogP contribution in [0.15, 0.2) is 18.5 Å². The lowest BCUT2D eigenvalue weighted by molar-refractivity contribution is -0.00134. The molecule has 1 aromatic carbocycles. The number of anilines is 1. The molecule has 5 rings (SSSR count). The highest BCUT2D eigenvalue weighted by Crippen LogP contribution is 2.42. The largest absolute Gasteiger partial charge is 0.470 e. The van der Waals surface area contributed by atoms with Crippen LogP contribution in [0.25, 0.3) is 21.9 Å². The molecule has 2 atom stereocenters. The fraction of sp³-hybridized carbons (Fsp3) is 0.300. The summed E-state index contributed by atoms with van der Waals surface area (Å²) in [7, 11) is 1.69. The van der Waals surface area contributed by atoms with Crippen LogP contribution in [-0.4, -0.2) is 61.0 Å². The van der Waals surface area contributed by atoms with E-state index < -0.39 is 24.6 Å². The van der Waals surface area contributed by atoms with Crippen LogP contribution >= 0.6 is 0 Å². The Balaban J connectivity index is 1.73. The van der Waals surface area contributed by atoms with Gasteiger partial charge in [0.05, 0.1) is 35.6 Å². The molecule has 0 amide bonds. The summed E-state index contributed by atoms with van der Waals surface area (Å²) < 4.78 is 26.6. The molecular weight excluding hydrogens is 407 g/mol. The van der Waals surface area contributed by atoms with E-state index in [0.717, 1.165) is 0 Å². The second-order valence-electron chi connectivity index (χ2n) is 7.22. The van der Waals surface area contributed by atoms with Gasteiger partial charge in [0, 0.05) is 24.4 Å². The summed E-state index contributed by atoms with van der Waals surface area (Å²) in [5.41, 5.74) is 1.89. The first-order chi connectivity index (χ1) is 15.0. The molecule has 4 aromatic rings. The number of benzene rings is 1. The minimum Gasteiger partial charge on any atom is -0.470 e. The molecule has 0 saturated carbocycles. The van der Waals surface area contributed by atoms with Gasteiger partial charge in [-0.2, -0.15) is 9.97 Å². The van der Waals surface area contributed by atoms with E-state index in [-0.39, 0.29) is 18.3 Å². The summed E-state index contributed by atoms with van der Waals surface area (Å²) in [5, 5.41) is 23.7. The molecule has 31 heavy (non-hydrogen) atoms. The van der Waals surface area contributed by atoms with E-state index in [1.54, 1.807) is 14.0 Å². The summed E-state index contributed by atoms with van der Waals surface area (Å²) in [4.78, 5) is 20.1. The molecule has 0 bridgehead atoms. The van der Waals surface area contributed by atoms with Gasteiger partial charge in [0.1, 0.15) is 29.5 Å². The average Bonchev–Trinajstić information content (AvgIpc) is 3.05. The number of nitrogens with one attached hydrogen (secondary N) is 2. The summed E-state index contributed by atoms with van der Waals surface area (Å²) >= 11 is 0. The number of aromatic nitrogens is 5. The Morgan fingerprint density at radius 3 is 2.81 bits per heavy atom. The zero-order valence-corrected chi connectivity index (χ0v) is 16.7. The third-order valence-electron chi connectivity index (χ3n) is 5.25. The molecule has 0 aliphatic carbocycles. The van der Waals surface area contributed by atoms with Crippen LogP contribution < -0.4 is 14.8 Å². The van der Waals surface area contributed by atoms with E-state index in [4.69, 9.17) is 9.47 Å². The van der Waals surface area contributed by atoms with Gasteiger partial charge >= 0.3 is 6.01 Å². The molecule has 1 aliphatic rings. The highest BCUT2D eigenvalue weighted by atomic mass is 19.1. The van der Waals surface area contributed by atoms with Crippen molar-refractivity contribution in [1.82, 2.24) is 24.9 Å².